The molecule has 0 fully saturated rings. The highest BCUT2D eigenvalue weighted by Crippen LogP contribution is 2.36. The van der Waals surface area contributed by atoms with Gasteiger partial charge in [0.25, 0.3) is 5.91 Å². The molecule has 0 saturated heterocycles. The number of anilines is 1. The van der Waals surface area contributed by atoms with Crippen molar-refractivity contribution >= 4 is 29.0 Å². The number of fused-ring (bicyclic) bond motifs is 1. The van der Waals surface area contributed by atoms with Gasteiger partial charge in [0.2, 0.25) is 0 Å². The first-order valence-electron chi connectivity index (χ1n) is 8.23. The molecule has 1 aliphatic heterocycles. The van der Waals surface area contributed by atoms with Gasteiger partial charge in [-0.2, -0.15) is 0 Å². The van der Waals surface area contributed by atoms with E-state index in [0.717, 1.165) is 30.2 Å². The zero-order valence-corrected chi connectivity index (χ0v) is 15.0. The van der Waals surface area contributed by atoms with Crippen LogP contribution in [0.1, 0.15) is 33.3 Å². The van der Waals surface area contributed by atoms with Crippen LogP contribution in [0.25, 0.3) is 5.70 Å². The lowest BCUT2D eigenvalue weighted by molar-refractivity contribution is -0.126. The van der Waals surface area contributed by atoms with E-state index in [9.17, 15) is 4.79 Å². The molecule has 1 aliphatic rings. The number of nitrogens with one attached hydrogen (secondary N) is 1. The van der Waals surface area contributed by atoms with E-state index in [2.05, 4.69) is 29.0 Å². The fraction of sp³-hybridized carbons (Fsp3) is 0.529. The van der Waals surface area contributed by atoms with Gasteiger partial charge in [-0.25, -0.2) is 4.98 Å². The number of carbonyl (C=O) groups is 1. The molecule has 0 bridgehead atoms. The highest BCUT2D eigenvalue weighted by atomic mass is 35.5. The summed E-state index contributed by atoms with van der Waals surface area (Å²) in [5, 5.41) is 3.15. The van der Waals surface area contributed by atoms with E-state index >= 15 is 0 Å². The summed E-state index contributed by atoms with van der Waals surface area (Å²) in [7, 11) is 0. The van der Waals surface area contributed by atoms with Gasteiger partial charge < -0.3 is 15.1 Å². The van der Waals surface area contributed by atoms with Crippen molar-refractivity contribution in [3.05, 3.63) is 29.5 Å². The summed E-state index contributed by atoms with van der Waals surface area (Å²) in [6.45, 7) is 11.1. The van der Waals surface area contributed by atoms with Gasteiger partial charge >= 0.3 is 0 Å². The third-order valence-electron chi connectivity index (χ3n) is 4.20. The van der Waals surface area contributed by atoms with Crippen LogP contribution in [-0.2, 0) is 4.79 Å². The van der Waals surface area contributed by atoms with Crippen molar-refractivity contribution in [2.24, 2.45) is 0 Å². The fourth-order valence-corrected chi connectivity index (χ4v) is 3.24. The summed E-state index contributed by atoms with van der Waals surface area (Å²) in [6, 6.07) is 3.87. The number of carbonyl (C=O) groups excluding carboxylic acids is 1. The van der Waals surface area contributed by atoms with Crippen LogP contribution in [0, 0.1) is 0 Å². The molecule has 126 valence electrons. The molecule has 0 radical (unpaired) electrons. The first-order chi connectivity index (χ1) is 11.1. The first kappa shape index (κ1) is 17.6. The van der Waals surface area contributed by atoms with Crippen LogP contribution in [0.2, 0.25) is 0 Å². The third-order valence-corrected chi connectivity index (χ3v) is 4.52. The molecule has 0 aliphatic carbocycles. The van der Waals surface area contributed by atoms with Crippen molar-refractivity contribution in [1.29, 1.82) is 0 Å². The predicted octanol–water partition coefficient (Wildman–Crippen LogP) is 2.99. The van der Waals surface area contributed by atoms with E-state index < -0.39 is 5.50 Å². The maximum Gasteiger partial charge on any atom is 0.255 e. The summed E-state index contributed by atoms with van der Waals surface area (Å²) >= 11 is 6.53. The zero-order chi connectivity index (χ0) is 17.0. The van der Waals surface area contributed by atoms with Crippen LogP contribution in [0.15, 0.2) is 23.9 Å². The number of pyridine rings is 1. The van der Waals surface area contributed by atoms with Crippen LogP contribution >= 0.6 is 11.6 Å². The van der Waals surface area contributed by atoms with Crippen LogP contribution in [-0.4, -0.2) is 52.4 Å². The average Bonchev–Trinajstić information content (AvgIpc) is 2.56. The van der Waals surface area contributed by atoms with Gasteiger partial charge in [-0.15, -0.1) is 0 Å². The highest BCUT2D eigenvalue weighted by molar-refractivity contribution is 6.28. The molecule has 2 rings (SSSR count). The van der Waals surface area contributed by atoms with E-state index in [4.69, 9.17) is 11.6 Å². The fourth-order valence-electron chi connectivity index (χ4n) is 2.94. The highest BCUT2D eigenvalue weighted by Gasteiger charge is 2.34. The van der Waals surface area contributed by atoms with Crippen LogP contribution in [0.3, 0.4) is 0 Å². The number of alkyl halides is 1. The van der Waals surface area contributed by atoms with Gasteiger partial charge in [-0.3, -0.25) is 4.79 Å². The van der Waals surface area contributed by atoms with Crippen molar-refractivity contribution in [3.8, 4) is 0 Å². The van der Waals surface area contributed by atoms with Gasteiger partial charge in [0.15, 0.2) is 0 Å². The number of likely N-dealkylation sites (N-methyl/N-ethyl adjacent to an activating group) is 1. The molecule has 1 unspecified atom stereocenters. The second kappa shape index (κ2) is 7.68. The second-order valence-electron chi connectivity index (χ2n) is 5.32. The summed E-state index contributed by atoms with van der Waals surface area (Å²) in [6.07, 6.45) is 1.73. The van der Waals surface area contributed by atoms with Gasteiger partial charge in [-0.05, 0) is 39.8 Å². The molecule has 0 aromatic carbocycles. The van der Waals surface area contributed by atoms with E-state index in [1.165, 1.54) is 0 Å². The van der Waals surface area contributed by atoms with Crippen LogP contribution < -0.4 is 5.32 Å². The van der Waals surface area contributed by atoms with Crippen LogP contribution in [0.5, 0.6) is 0 Å². The smallest absolute Gasteiger partial charge is 0.255 e. The number of hydrogen-bond acceptors (Lipinski definition) is 4. The molecule has 1 aromatic heterocycles. The van der Waals surface area contributed by atoms with E-state index in [1.54, 1.807) is 11.1 Å². The van der Waals surface area contributed by atoms with Crippen molar-refractivity contribution in [1.82, 2.24) is 14.8 Å². The van der Waals surface area contributed by atoms with Crippen LogP contribution in [0.4, 0.5) is 5.82 Å². The Hall–Kier alpha value is -1.75. The lowest BCUT2D eigenvalue weighted by Gasteiger charge is -2.35. The lowest BCUT2D eigenvalue weighted by Crippen LogP contribution is -2.40. The molecule has 1 aromatic rings. The molecule has 1 amide bonds. The van der Waals surface area contributed by atoms with Crippen molar-refractivity contribution < 1.29 is 4.79 Å². The summed E-state index contributed by atoms with van der Waals surface area (Å²) in [5.41, 5.74) is 1.86. The Labute approximate surface area is 143 Å². The van der Waals surface area contributed by atoms with Crippen molar-refractivity contribution in [2.75, 3.05) is 31.5 Å². The van der Waals surface area contributed by atoms with E-state index in [0.29, 0.717) is 18.7 Å². The molecule has 6 heteroatoms. The summed E-state index contributed by atoms with van der Waals surface area (Å²) in [4.78, 5) is 21.4. The Kier molecular flexibility index (Phi) is 5.88. The Bertz CT molecular complexity index is 594. The Balaban J connectivity index is 2.65. The lowest BCUT2D eigenvalue weighted by atomic mass is 10.00. The Morgan fingerprint density at radius 3 is 2.43 bits per heavy atom. The topological polar surface area (TPSA) is 48.5 Å². The maximum atomic E-state index is 13.0. The number of amides is 1. The molecule has 5 nitrogen and oxygen atoms in total. The standard InChI is InChI=1S/C17H25ClN4O/c1-5-21(6-2)14-12-10-9-11-19-16(12)20-15(18)13(14)17(23)22(7-3)8-4/h9-11,15H,5-8H2,1-4H3,(H,19,20). The number of hydrogen-bond donors (Lipinski definition) is 1. The Morgan fingerprint density at radius 1 is 1.22 bits per heavy atom. The van der Waals surface area contributed by atoms with Crippen molar-refractivity contribution in [2.45, 2.75) is 33.2 Å². The first-order valence-corrected chi connectivity index (χ1v) is 8.66. The second-order valence-corrected chi connectivity index (χ2v) is 5.75. The molecular weight excluding hydrogens is 312 g/mol. The minimum atomic E-state index is -0.582. The SMILES string of the molecule is CCN(CC)C(=O)C1=C(N(CC)CC)c2cccnc2NC1Cl. The minimum Gasteiger partial charge on any atom is -0.371 e. The van der Waals surface area contributed by atoms with Gasteiger partial charge in [0.1, 0.15) is 11.3 Å². The molecule has 0 spiro atoms. The molecule has 1 N–H and O–H groups in total. The normalized spacial score (nSPS) is 16.7. The molecule has 23 heavy (non-hydrogen) atoms. The van der Waals surface area contributed by atoms with Crippen molar-refractivity contribution in [3.63, 3.8) is 0 Å². The average molecular weight is 337 g/mol. The summed E-state index contributed by atoms with van der Waals surface area (Å²) < 4.78 is 0. The predicted molar refractivity (Wildman–Crippen MR) is 95.3 cm³/mol. The Morgan fingerprint density at radius 2 is 1.87 bits per heavy atom. The number of aromatic nitrogens is 1. The van der Waals surface area contributed by atoms with Gasteiger partial charge in [-0.1, -0.05) is 11.6 Å². The number of rotatable bonds is 6. The van der Waals surface area contributed by atoms with E-state index in [1.807, 2.05) is 26.0 Å². The monoisotopic (exact) mass is 336 g/mol. The molecule has 0 saturated carbocycles. The van der Waals surface area contributed by atoms with Gasteiger partial charge in [0.05, 0.1) is 11.3 Å². The van der Waals surface area contributed by atoms with Gasteiger partial charge in [0, 0.05) is 37.9 Å². The molecule has 2 heterocycles. The maximum absolute atomic E-state index is 13.0. The van der Waals surface area contributed by atoms with E-state index in [-0.39, 0.29) is 5.91 Å². The zero-order valence-electron chi connectivity index (χ0n) is 14.3. The number of nitrogens with zero attached hydrogens (tertiary/aromatic N) is 3. The summed E-state index contributed by atoms with van der Waals surface area (Å²) in [5.74, 6) is 0.712. The number of halogens is 1. The quantitative estimate of drug-likeness (QED) is 0.641. The molecule has 1 atom stereocenters. The third kappa shape index (κ3) is 3.29. The largest absolute Gasteiger partial charge is 0.371 e. The minimum absolute atomic E-state index is 0.0149. The molecular formula is C17H25ClN4O.